The number of amides is 1. The lowest BCUT2D eigenvalue weighted by molar-refractivity contribution is -0.137. The maximum Gasteiger partial charge on any atom is 0.210 e. The van der Waals surface area contributed by atoms with Gasteiger partial charge < -0.3 is 10.6 Å². The highest BCUT2D eigenvalue weighted by atomic mass is 16.1. The fraction of sp³-hybridized carbons (Fsp3) is 0.562. The van der Waals surface area contributed by atoms with E-state index in [2.05, 4.69) is 39.8 Å². The first-order valence-electron chi connectivity index (χ1n) is 6.86. The molecular weight excluding hydrogens is 236 g/mol. The van der Waals surface area contributed by atoms with Gasteiger partial charge in [-0.05, 0) is 39.7 Å². The molecule has 104 valence electrons. The molecule has 0 aliphatic carbocycles. The van der Waals surface area contributed by atoms with Crippen LogP contribution in [0.25, 0.3) is 0 Å². The lowest BCUT2D eigenvalue weighted by Gasteiger charge is -2.57. The molecule has 2 rings (SSSR count). The normalized spacial score (nSPS) is 29.0. The van der Waals surface area contributed by atoms with Crippen LogP contribution < -0.4 is 5.73 Å². The van der Waals surface area contributed by atoms with Gasteiger partial charge in [-0.2, -0.15) is 0 Å². The average molecular weight is 260 g/mol. The Labute approximate surface area is 115 Å². The van der Waals surface area contributed by atoms with Crippen molar-refractivity contribution >= 4 is 6.41 Å². The van der Waals surface area contributed by atoms with Gasteiger partial charge in [0.1, 0.15) is 0 Å². The average Bonchev–Trinajstić information content (AvgIpc) is 2.35. The van der Waals surface area contributed by atoms with Crippen molar-refractivity contribution in [2.45, 2.75) is 57.2 Å². The minimum absolute atomic E-state index is 0.0619. The molecule has 0 radical (unpaired) electrons. The molecule has 0 aromatic heterocycles. The zero-order chi connectivity index (χ0) is 14.3. The predicted molar refractivity (Wildman–Crippen MR) is 77.8 cm³/mol. The predicted octanol–water partition coefficient (Wildman–Crippen LogP) is 2.52. The largest absolute Gasteiger partial charge is 0.333 e. The maximum absolute atomic E-state index is 11.5. The Morgan fingerprint density at radius 3 is 2.32 bits per heavy atom. The van der Waals surface area contributed by atoms with Crippen molar-refractivity contribution in [3.63, 3.8) is 0 Å². The van der Waals surface area contributed by atoms with E-state index >= 15 is 0 Å². The third-order valence-electron chi connectivity index (χ3n) is 4.57. The summed E-state index contributed by atoms with van der Waals surface area (Å²) in [6.45, 7) is 8.35. The van der Waals surface area contributed by atoms with Gasteiger partial charge in [0.25, 0.3) is 0 Å². The lowest BCUT2D eigenvalue weighted by atomic mass is 9.68. The van der Waals surface area contributed by atoms with Crippen LogP contribution in [0.4, 0.5) is 0 Å². The molecule has 1 amide bonds. The molecule has 1 saturated heterocycles. The van der Waals surface area contributed by atoms with Crippen LogP contribution in [-0.2, 0) is 4.79 Å². The quantitative estimate of drug-likeness (QED) is 0.831. The fourth-order valence-corrected chi connectivity index (χ4v) is 3.50. The monoisotopic (exact) mass is 260 g/mol. The summed E-state index contributed by atoms with van der Waals surface area (Å²) in [5.41, 5.74) is 7.22. The molecule has 2 unspecified atom stereocenters. The van der Waals surface area contributed by atoms with Crippen LogP contribution in [0.3, 0.4) is 0 Å². The molecule has 2 N–H and O–H groups in total. The van der Waals surface area contributed by atoms with Gasteiger partial charge in [-0.25, -0.2) is 0 Å². The summed E-state index contributed by atoms with van der Waals surface area (Å²) < 4.78 is 0. The summed E-state index contributed by atoms with van der Waals surface area (Å²) in [6.07, 6.45) is 1.83. The first-order chi connectivity index (χ1) is 8.80. The maximum atomic E-state index is 11.5. The number of hydrogen-bond donors (Lipinski definition) is 1. The summed E-state index contributed by atoms with van der Waals surface area (Å²) in [5, 5.41) is 0. The number of likely N-dealkylation sites (tertiary alicyclic amines) is 1. The second-order valence-electron chi connectivity index (χ2n) is 6.69. The number of benzene rings is 1. The van der Waals surface area contributed by atoms with Crippen LogP contribution in [0, 0.1) is 0 Å². The molecule has 0 spiro atoms. The molecule has 1 aromatic carbocycles. The van der Waals surface area contributed by atoms with Crippen molar-refractivity contribution in [3.8, 4) is 0 Å². The molecule has 2 atom stereocenters. The number of nitrogens with zero attached hydrogens (tertiary/aromatic N) is 1. The number of nitrogens with two attached hydrogens (primary N) is 1. The van der Waals surface area contributed by atoms with Crippen molar-refractivity contribution in [1.82, 2.24) is 4.90 Å². The molecular formula is C16H24N2O. The first-order valence-corrected chi connectivity index (χ1v) is 6.86. The van der Waals surface area contributed by atoms with Crippen LogP contribution in [0.5, 0.6) is 0 Å². The van der Waals surface area contributed by atoms with Crippen LogP contribution in [-0.4, -0.2) is 28.4 Å². The van der Waals surface area contributed by atoms with Crippen molar-refractivity contribution in [2.24, 2.45) is 5.73 Å². The molecule has 1 aliphatic rings. The van der Waals surface area contributed by atoms with Gasteiger partial charge >= 0.3 is 0 Å². The summed E-state index contributed by atoms with van der Waals surface area (Å²) in [5.74, 6) is 0.280. The molecule has 1 fully saturated rings. The van der Waals surface area contributed by atoms with E-state index in [1.54, 1.807) is 0 Å². The third-order valence-corrected chi connectivity index (χ3v) is 4.57. The van der Waals surface area contributed by atoms with E-state index in [0.29, 0.717) is 0 Å². The van der Waals surface area contributed by atoms with Gasteiger partial charge in [0.15, 0.2) is 0 Å². The van der Waals surface area contributed by atoms with Crippen molar-refractivity contribution < 1.29 is 4.79 Å². The van der Waals surface area contributed by atoms with Gasteiger partial charge in [0.2, 0.25) is 6.41 Å². The van der Waals surface area contributed by atoms with Crippen LogP contribution in [0.15, 0.2) is 30.3 Å². The van der Waals surface area contributed by atoms with Gasteiger partial charge in [0, 0.05) is 17.5 Å². The second kappa shape index (κ2) is 4.64. The van der Waals surface area contributed by atoms with E-state index in [-0.39, 0.29) is 23.0 Å². The summed E-state index contributed by atoms with van der Waals surface area (Å²) in [4.78, 5) is 13.3. The molecule has 1 heterocycles. The van der Waals surface area contributed by atoms with Crippen molar-refractivity contribution in [3.05, 3.63) is 35.9 Å². The van der Waals surface area contributed by atoms with Gasteiger partial charge in [-0.1, -0.05) is 30.3 Å². The summed E-state index contributed by atoms with van der Waals surface area (Å²) >= 11 is 0. The van der Waals surface area contributed by atoms with E-state index < -0.39 is 0 Å². The zero-order valence-electron chi connectivity index (χ0n) is 12.3. The zero-order valence-corrected chi connectivity index (χ0v) is 12.3. The van der Waals surface area contributed by atoms with E-state index in [9.17, 15) is 4.79 Å². The van der Waals surface area contributed by atoms with Crippen LogP contribution in [0.2, 0.25) is 0 Å². The Morgan fingerprint density at radius 2 is 1.79 bits per heavy atom. The highest BCUT2D eigenvalue weighted by Gasteiger charge is 2.50. The SMILES string of the molecule is CC1(C)CC(c2ccccc2)C(N)C(C)(C)N1C=O. The minimum Gasteiger partial charge on any atom is -0.333 e. The van der Waals surface area contributed by atoms with E-state index in [0.717, 1.165) is 12.8 Å². The minimum atomic E-state index is -0.343. The molecule has 19 heavy (non-hydrogen) atoms. The highest BCUT2D eigenvalue weighted by Crippen LogP contribution is 2.43. The number of rotatable bonds is 2. The fourth-order valence-electron chi connectivity index (χ4n) is 3.50. The topological polar surface area (TPSA) is 46.3 Å². The second-order valence-corrected chi connectivity index (χ2v) is 6.69. The summed E-state index contributed by atoms with van der Waals surface area (Å²) in [7, 11) is 0. The van der Waals surface area contributed by atoms with Crippen LogP contribution >= 0.6 is 0 Å². The lowest BCUT2D eigenvalue weighted by Crippen LogP contribution is -2.68. The number of carbonyl (C=O) groups is 1. The number of carbonyl (C=O) groups excluding carboxylic acids is 1. The van der Waals surface area contributed by atoms with Crippen molar-refractivity contribution in [2.75, 3.05) is 0 Å². The standard InChI is InChI=1S/C16H24N2O/c1-15(2)10-13(12-8-6-5-7-9-12)14(17)16(3,4)18(15)11-19/h5-9,11,13-14H,10,17H2,1-4H3. The first kappa shape index (κ1) is 14.1. The van der Waals surface area contributed by atoms with E-state index in [1.807, 2.05) is 23.1 Å². The molecule has 3 heteroatoms. The summed E-state index contributed by atoms with van der Waals surface area (Å²) in [6, 6.07) is 10.3. The smallest absolute Gasteiger partial charge is 0.210 e. The Balaban J connectivity index is 2.42. The van der Waals surface area contributed by atoms with Gasteiger partial charge in [0.05, 0.1) is 5.54 Å². The highest BCUT2D eigenvalue weighted by molar-refractivity contribution is 5.52. The Kier molecular flexibility index (Phi) is 3.43. The molecule has 3 nitrogen and oxygen atoms in total. The number of piperidine rings is 1. The third kappa shape index (κ3) is 2.27. The van der Waals surface area contributed by atoms with Gasteiger partial charge in [-0.15, -0.1) is 0 Å². The Hall–Kier alpha value is -1.35. The Bertz CT molecular complexity index is 453. The Morgan fingerprint density at radius 1 is 1.21 bits per heavy atom. The molecule has 0 bridgehead atoms. The van der Waals surface area contributed by atoms with E-state index in [4.69, 9.17) is 5.73 Å². The van der Waals surface area contributed by atoms with Gasteiger partial charge in [-0.3, -0.25) is 4.79 Å². The van der Waals surface area contributed by atoms with Crippen molar-refractivity contribution in [1.29, 1.82) is 0 Å². The molecule has 0 saturated carbocycles. The molecule has 1 aromatic rings. The number of hydrogen-bond acceptors (Lipinski definition) is 2. The van der Waals surface area contributed by atoms with Crippen LogP contribution in [0.1, 0.15) is 45.6 Å². The molecule has 1 aliphatic heterocycles. The van der Waals surface area contributed by atoms with E-state index in [1.165, 1.54) is 5.56 Å².